The van der Waals surface area contributed by atoms with Crippen molar-refractivity contribution in [1.29, 1.82) is 0 Å². The SMILES string of the molecule is Cc1ccc(NC(=O)CSc2cc(N3CCCCC3C)ncn2)cc1. The molecule has 0 saturated carbocycles. The van der Waals surface area contributed by atoms with Crippen molar-refractivity contribution in [2.75, 3.05) is 22.5 Å². The Morgan fingerprint density at radius 1 is 1.28 bits per heavy atom. The van der Waals surface area contributed by atoms with Gasteiger partial charge in [0.2, 0.25) is 5.91 Å². The third kappa shape index (κ3) is 4.95. The highest BCUT2D eigenvalue weighted by atomic mass is 32.2. The Morgan fingerprint density at radius 2 is 2.08 bits per heavy atom. The van der Waals surface area contributed by atoms with Gasteiger partial charge in [0.1, 0.15) is 17.2 Å². The monoisotopic (exact) mass is 356 g/mol. The van der Waals surface area contributed by atoms with Crippen LogP contribution in [0, 0.1) is 6.92 Å². The molecule has 1 atom stereocenters. The van der Waals surface area contributed by atoms with Crippen molar-refractivity contribution in [2.24, 2.45) is 0 Å². The van der Waals surface area contributed by atoms with E-state index in [0.717, 1.165) is 23.1 Å². The molecule has 1 aromatic carbocycles. The molecule has 3 rings (SSSR count). The van der Waals surface area contributed by atoms with Gasteiger partial charge in [-0.25, -0.2) is 9.97 Å². The summed E-state index contributed by atoms with van der Waals surface area (Å²) in [6.45, 7) is 5.30. The average molecular weight is 356 g/mol. The van der Waals surface area contributed by atoms with Crippen molar-refractivity contribution >= 4 is 29.2 Å². The summed E-state index contributed by atoms with van der Waals surface area (Å²) in [6.07, 6.45) is 5.28. The lowest BCUT2D eigenvalue weighted by Crippen LogP contribution is -2.38. The van der Waals surface area contributed by atoms with Crippen LogP contribution in [0.1, 0.15) is 31.7 Å². The van der Waals surface area contributed by atoms with E-state index in [0.29, 0.717) is 11.8 Å². The molecule has 2 aromatic rings. The van der Waals surface area contributed by atoms with Crippen LogP contribution < -0.4 is 10.2 Å². The number of hydrogen-bond donors (Lipinski definition) is 1. The molecule has 1 fully saturated rings. The van der Waals surface area contributed by atoms with Crippen LogP contribution in [-0.2, 0) is 4.79 Å². The molecule has 0 spiro atoms. The number of carbonyl (C=O) groups excluding carboxylic acids is 1. The minimum Gasteiger partial charge on any atom is -0.354 e. The van der Waals surface area contributed by atoms with E-state index in [1.54, 1.807) is 6.33 Å². The van der Waals surface area contributed by atoms with Crippen molar-refractivity contribution in [2.45, 2.75) is 44.2 Å². The molecule has 1 N–H and O–H groups in total. The minimum absolute atomic E-state index is 0.0274. The fourth-order valence-electron chi connectivity index (χ4n) is 2.98. The quantitative estimate of drug-likeness (QED) is 0.650. The number of rotatable bonds is 5. The van der Waals surface area contributed by atoms with E-state index < -0.39 is 0 Å². The maximum Gasteiger partial charge on any atom is 0.234 e. The zero-order valence-electron chi connectivity index (χ0n) is 14.7. The second-order valence-electron chi connectivity index (χ2n) is 6.46. The fourth-order valence-corrected chi connectivity index (χ4v) is 3.64. The summed E-state index contributed by atoms with van der Waals surface area (Å²) in [6, 6.07) is 10.3. The summed E-state index contributed by atoms with van der Waals surface area (Å²) >= 11 is 1.44. The van der Waals surface area contributed by atoms with E-state index in [9.17, 15) is 4.79 Å². The average Bonchev–Trinajstić information content (AvgIpc) is 2.63. The Labute approximate surface area is 153 Å². The Hall–Kier alpha value is -2.08. The first-order valence-corrected chi connectivity index (χ1v) is 9.68. The minimum atomic E-state index is -0.0274. The van der Waals surface area contributed by atoms with Gasteiger partial charge in [-0.1, -0.05) is 29.5 Å². The maximum absolute atomic E-state index is 12.1. The highest BCUT2D eigenvalue weighted by molar-refractivity contribution is 7.99. The number of nitrogens with one attached hydrogen (secondary N) is 1. The largest absolute Gasteiger partial charge is 0.354 e. The molecule has 1 amide bonds. The van der Waals surface area contributed by atoms with E-state index in [-0.39, 0.29) is 5.91 Å². The van der Waals surface area contributed by atoms with Crippen LogP contribution in [0.3, 0.4) is 0 Å². The van der Waals surface area contributed by atoms with Crippen LogP contribution in [0.2, 0.25) is 0 Å². The van der Waals surface area contributed by atoms with E-state index in [1.165, 1.54) is 36.6 Å². The molecule has 1 aliphatic heterocycles. The van der Waals surface area contributed by atoms with E-state index in [4.69, 9.17) is 0 Å². The fraction of sp³-hybridized carbons (Fsp3) is 0.421. The lowest BCUT2D eigenvalue weighted by molar-refractivity contribution is -0.113. The van der Waals surface area contributed by atoms with Crippen molar-refractivity contribution < 1.29 is 4.79 Å². The number of carbonyl (C=O) groups is 1. The molecule has 5 nitrogen and oxygen atoms in total. The number of amides is 1. The number of aromatic nitrogens is 2. The maximum atomic E-state index is 12.1. The normalized spacial score (nSPS) is 17.4. The van der Waals surface area contributed by atoms with Gasteiger partial charge in [-0.3, -0.25) is 4.79 Å². The zero-order valence-corrected chi connectivity index (χ0v) is 15.6. The molecule has 1 saturated heterocycles. The van der Waals surface area contributed by atoms with Crippen LogP contribution in [0.5, 0.6) is 0 Å². The highest BCUT2D eigenvalue weighted by Gasteiger charge is 2.20. The first-order chi connectivity index (χ1) is 12.1. The zero-order chi connectivity index (χ0) is 17.6. The van der Waals surface area contributed by atoms with Gasteiger partial charge in [0.05, 0.1) is 5.75 Å². The Balaban J connectivity index is 1.56. The number of benzene rings is 1. The standard InChI is InChI=1S/C19H24N4OS/c1-14-6-8-16(9-7-14)22-18(24)12-25-19-11-17(20-13-21-19)23-10-4-3-5-15(23)2/h6-9,11,13,15H,3-5,10,12H2,1-2H3,(H,22,24). The number of aryl methyl sites for hydroxylation is 1. The Morgan fingerprint density at radius 3 is 2.84 bits per heavy atom. The van der Waals surface area contributed by atoms with E-state index >= 15 is 0 Å². The molecule has 132 valence electrons. The van der Waals surface area contributed by atoms with Crippen LogP contribution in [0.25, 0.3) is 0 Å². The summed E-state index contributed by atoms with van der Waals surface area (Å²) in [4.78, 5) is 23.2. The summed E-state index contributed by atoms with van der Waals surface area (Å²) in [5.74, 6) is 1.27. The van der Waals surface area contributed by atoms with E-state index in [2.05, 4.69) is 27.1 Å². The van der Waals surface area contributed by atoms with Crippen molar-refractivity contribution in [3.63, 3.8) is 0 Å². The van der Waals surface area contributed by atoms with Crippen molar-refractivity contribution in [3.05, 3.63) is 42.2 Å². The molecule has 1 unspecified atom stereocenters. The number of nitrogens with zero attached hydrogens (tertiary/aromatic N) is 3. The summed E-state index contributed by atoms with van der Waals surface area (Å²) < 4.78 is 0. The summed E-state index contributed by atoms with van der Waals surface area (Å²) in [5, 5.41) is 3.75. The van der Waals surface area contributed by atoms with Gasteiger partial charge in [-0.05, 0) is 45.2 Å². The molecular weight excluding hydrogens is 332 g/mol. The lowest BCUT2D eigenvalue weighted by atomic mass is 10.0. The molecule has 6 heteroatoms. The molecular formula is C19H24N4OS. The third-order valence-corrected chi connectivity index (χ3v) is 5.34. The summed E-state index contributed by atoms with van der Waals surface area (Å²) in [5.41, 5.74) is 1.99. The van der Waals surface area contributed by atoms with Crippen LogP contribution >= 0.6 is 11.8 Å². The van der Waals surface area contributed by atoms with Gasteiger partial charge in [0, 0.05) is 24.3 Å². The van der Waals surface area contributed by atoms with Gasteiger partial charge in [-0.2, -0.15) is 0 Å². The predicted molar refractivity (Wildman–Crippen MR) is 103 cm³/mol. The molecule has 0 radical (unpaired) electrons. The van der Waals surface area contributed by atoms with Gasteiger partial charge in [-0.15, -0.1) is 0 Å². The van der Waals surface area contributed by atoms with Crippen LogP contribution in [-0.4, -0.2) is 34.2 Å². The van der Waals surface area contributed by atoms with Crippen molar-refractivity contribution in [1.82, 2.24) is 9.97 Å². The predicted octanol–water partition coefficient (Wildman–Crippen LogP) is 3.89. The Kier molecular flexibility index (Phi) is 5.91. The molecule has 1 aliphatic rings. The topological polar surface area (TPSA) is 58.1 Å². The van der Waals surface area contributed by atoms with Gasteiger partial charge in [0.25, 0.3) is 0 Å². The number of hydrogen-bond acceptors (Lipinski definition) is 5. The third-order valence-electron chi connectivity index (χ3n) is 4.41. The first kappa shape index (κ1) is 17.7. The van der Waals surface area contributed by atoms with Gasteiger partial charge < -0.3 is 10.2 Å². The Bertz CT molecular complexity index is 720. The van der Waals surface area contributed by atoms with Gasteiger partial charge >= 0.3 is 0 Å². The van der Waals surface area contributed by atoms with E-state index in [1.807, 2.05) is 37.3 Å². The second-order valence-corrected chi connectivity index (χ2v) is 7.45. The first-order valence-electron chi connectivity index (χ1n) is 8.70. The smallest absolute Gasteiger partial charge is 0.234 e. The molecule has 2 heterocycles. The number of piperidine rings is 1. The van der Waals surface area contributed by atoms with Gasteiger partial charge in [0.15, 0.2) is 0 Å². The van der Waals surface area contributed by atoms with Crippen LogP contribution in [0.4, 0.5) is 11.5 Å². The number of thioether (sulfide) groups is 1. The number of anilines is 2. The highest BCUT2D eigenvalue weighted by Crippen LogP contribution is 2.25. The summed E-state index contributed by atoms with van der Waals surface area (Å²) in [7, 11) is 0. The van der Waals surface area contributed by atoms with Crippen molar-refractivity contribution in [3.8, 4) is 0 Å². The van der Waals surface area contributed by atoms with Crippen LogP contribution in [0.15, 0.2) is 41.7 Å². The molecule has 25 heavy (non-hydrogen) atoms. The molecule has 1 aromatic heterocycles. The molecule has 0 bridgehead atoms. The second kappa shape index (κ2) is 8.34. The lowest BCUT2D eigenvalue weighted by Gasteiger charge is -2.34. The molecule has 0 aliphatic carbocycles.